The van der Waals surface area contributed by atoms with Crippen molar-refractivity contribution in [1.82, 2.24) is 5.32 Å². The molecule has 6 heteroatoms. The molecule has 84 valence electrons. The van der Waals surface area contributed by atoms with Crippen molar-refractivity contribution in [3.63, 3.8) is 0 Å². The van der Waals surface area contributed by atoms with Crippen LogP contribution in [-0.4, -0.2) is 12.8 Å². The van der Waals surface area contributed by atoms with Gasteiger partial charge in [-0.25, -0.2) is 0 Å². The highest BCUT2D eigenvalue weighted by Gasteiger charge is 2.34. The summed E-state index contributed by atoms with van der Waals surface area (Å²) in [6.45, 7) is 0.641. The molecule has 2 rings (SSSR count). The summed E-state index contributed by atoms with van der Waals surface area (Å²) in [6, 6.07) is 0. The molecule has 0 aromatic heterocycles. The molecule has 1 aliphatic carbocycles. The molecule has 5 nitrogen and oxygen atoms in total. The Bertz CT molecular complexity index is 308. The van der Waals surface area contributed by atoms with Gasteiger partial charge in [0.05, 0.1) is 14.5 Å². The number of nitrogens with one attached hydrogen (secondary N) is 1. The SMILES string of the molecule is [O-][Cl+3]([O-])([O-])OC1NCCC2=C1C=CCC2. The van der Waals surface area contributed by atoms with Crippen LogP contribution in [0.4, 0.5) is 0 Å². The minimum absolute atomic E-state index is 0.641. The van der Waals surface area contributed by atoms with Crippen LogP contribution in [0, 0.1) is 10.2 Å². The molecule has 1 aliphatic heterocycles. The van der Waals surface area contributed by atoms with Gasteiger partial charge in [-0.05, 0) is 19.3 Å². The van der Waals surface area contributed by atoms with E-state index >= 15 is 0 Å². The average Bonchev–Trinajstić information content (AvgIpc) is 2.16. The van der Waals surface area contributed by atoms with Crippen LogP contribution in [0.15, 0.2) is 23.3 Å². The van der Waals surface area contributed by atoms with Crippen molar-refractivity contribution in [2.45, 2.75) is 25.5 Å². The maximum absolute atomic E-state index is 10.5. The smallest absolute Gasteiger partial charge is 0.274 e. The van der Waals surface area contributed by atoms with Gasteiger partial charge in [0.1, 0.15) is 0 Å². The fourth-order valence-electron chi connectivity index (χ4n) is 1.92. The van der Waals surface area contributed by atoms with E-state index < -0.39 is 16.5 Å². The molecule has 0 aromatic rings. The highest BCUT2D eigenvalue weighted by Crippen LogP contribution is 2.28. The Kier molecular flexibility index (Phi) is 3.11. The van der Waals surface area contributed by atoms with Crippen molar-refractivity contribution < 1.29 is 28.5 Å². The molecule has 0 amide bonds. The zero-order valence-electron chi connectivity index (χ0n) is 8.07. The summed E-state index contributed by atoms with van der Waals surface area (Å²) in [4.78, 5) is 0. The molecule has 0 saturated carbocycles. The second-order valence-corrected chi connectivity index (χ2v) is 4.49. The lowest BCUT2D eigenvalue weighted by molar-refractivity contribution is -1.92. The molecular weight excluding hydrogens is 222 g/mol. The summed E-state index contributed by atoms with van der Waals surface area (Å²) in [5.74, 6) is 0. The zero-order valence-corrected chi connectivity index (χ0v) is 8.83. The number of hydrogen-bond acceptors (Lipinski definition) is 5. The fourth-order valence-corrected chi connectivity index (χ4v) is 2.30. The Morgan fingerprint density at radius 1 is 1.33 bits per heavy atom. The van der Waals surface area contributed by atoms with Crippen molar-refractivity contribution in [1.29, 1.82) is 0 Å². The van der Waals surface area contributed by atoms with Gasteiger partial charge in [-0.1, -0.05) is 17.7 Å². The predicted molar refractivity (Wildman–Crippen MR) is 42.9 cm³/mol. The zero-order chi connectivity index (χ0) is 10.9. The van der Waals surface area contributed by atoms with E-state index in [1.807, 2.05) is 12.2 Å². The molecule has 2 aliphatic rings. The van der Waals surface area contributed by atoms with Crippen LogP contribution in [0.3, 0.4) is 0 Å². The second-order valence-electron chi connectivity index (χ2n) is 3.55. The Morgan fingerprint density at radius 2 is 2.13 bits per heavy atom. The Hall–Kier alpha value is -0.430. The highest BCUT2D eigenvalue weighted by atomic mass is 35.7. The van der Waals surface area contributed by atoms with Crippen LogP contribution >= 0.6 is 0 Å². The molecule has 1 N–H and O–H groups in total. The third-order valence-corrected chi connectivity index (χ3v) is 2.95. The van der Waals surface area contributed by atoms with E-state index in [9.17, 15) is 14.0 Å². The predicted octanol–water partition coefficient (Wildman–Crippen LogP) is -2.13. The monoisotopic (exact) mass is 233 g/mol. The highest BCUT2D eigenvalue weighted by molar-refractivity contribution is 5.34. The lowest BCUT2D eigenvalue weighted by Gasteiger charge is -2.27. The maximum atomic E-state index is 10.5. The quantitative estimate of drug-likeness (QED) is 0.588. The summed E-state index contributed by atoms with van der Waals surface area (Å²) in [7, 11) is -4.38. The van der Waals surface area contributed by atoms with Crippen LogP contribution < -0.4 is 19.3 Å². The Morgan fingerprint density at radius 3 is 2.87 bits per heavy atom. The van der Waals surface area contributed by atoms with Crippen molar-refractivity contribution in [3.05, 3.63) is 23.3 Å². The van der Waals surface area contributed by atoms with E-state index in [4.69, 9.17) is 0 Å². The molecule has 0 saturated heterocycles. The van der Waals surface area contributed by atoms with Crippen molar-refractivity contribution in [3.8, 4) is 0 Å². The number of allylic oxidation sites excluding steroid dienone is 1. The molecule has 0 aromatic carbocycles. The molecule has 1 atom stereocenters. The third-order valence-electron chi connectivity index (χ3n) is 2.56. The van der Waals surface area contributed by atoms with E-state index in [1.165, 1.54) is 5.57 Å². The number of halogens is 1. The summed E-state index contributed by atoms with van der Waals surface area (Å²) < 4.78 is 35.9. The molecule has 0 spiro atoms. The number of rotatable bonds is 2. The first-order valence-electron chi connectivity index (χ1n) is 4.77. The van der Waals surface area contributed by atoms with E-state index in [1.54, 1.807) is 0 Å². The Balaban J connectivity index is 2.15. The van der Waals surface area contributed by atoms with E-state index in [-0.39, 0.29) is 0 Å². The van der Waals surface area contributed by atoms with Crippen LogP contribution in [-0.2, 0) is 4.29 Å². The first-order valence-corrected chi connectivity index (χ1v) is 6.01. The number of hydrogen-bond donors (Lipinski definition) is 1. The standard InChI is InChI=1S/C9H12ClNO4/c12-10(13,14)15-9-8-4-2-1-3-7(8)5-6-11-9/h2,4,9,11H,1,3,5-6H2. The van der Waals surface area contributed by atoms with Gasteiger partial charge in [0, 0.05) is 12.1 Å². The van der Waals surface area contributed by atoms with Gasteiger partial charge >= 0.3 is 0 Å². The lowest BCUT2D eigenvalue weighted by atomic mass is 9.92. The van der Waals surface area contributed by atoms with Crippen molar-refractivity contribution in [2.75, 3.05) is 6.54 Å². The first-order chi connectivity index (χ1) is 7.06. The summed E-state index contributed by atoms with van der Waals surface area (Å²) in [5.41, 5.74) is 1.97. The largest absolute Gasteiger partial charge is 0.291 e. The molecule has 0 bridgehead atoms. The summed E-state index contributed by atoms with van der Waals surface area (Å²) >= 11 is 0. The Labute approximate surface area is 89.8 Å². The van der Waals surface area contributed by atoms with Crippen molar-refractivity contribution >= 4 is 0 Å². The van der Waals surface area contributed by atoms with Gasteiger partial charge in [0.25, 0.3) is 6.23 Å². The molecule has 1 heterocycles. The average molecular weight is 234 g/mol. The second kappa shape index (κ2) is 4.21. The van der Waals surface area contributed by atoms with Crippen molar-refractivity contribution in [2.24, 2.45) is 0 Å². The van der Waals surface area contributed by atoms with Crippen LogP contribution in [0.25, 0.3) is 0 Å². The molecule has 1 unspecified atom stereocenters. The van der Waals surface area contributed by atoms with Gasteiger partial charge in [0.15, 0.2) is 0 Å². The van der Waals surface area contributed by atoms with E-state index in [0.717, 1.165) is 24.8 Å². The normalized spacial score (nSPS) is 26.7. The van der Waals surface area contributed by atoms with E-state index in [0.29, 0.717) is 6.54 Å². The van der Waals surface area contributed by atoms with E-state index in [2.05, 4.69) is 9.61 Å². The van der Waals surface area contributed by atoms with Gasteiger partial charge in [0.2, 0.25) is 0 Å². The molecule has 15 heavy (non-hydrogen) atoms. The van der Waals surface area contributed by atoms with Crippen LogP contribution in [0.1, 0.15) is 19.3 Å². The van der Waals surface area contributed by atoms with Gasteiger partial charge in [-0.15, -0.1) is 0 Å². The van der Waals surface area contributed by atoms with Crippen LogP contribution in [0.2, 0.25) is 0 Å². The van der Waals surface area contributed by atoms with Crippen LogP contribution in [0.5, 0.6) is 0 Å². The van der Waals surface area contributed by atoms with Gasteiger partial charge in [-0.2, -0.15) is 14.0 Å². The summed E-state index contributed by atoms with van der Waals surface area (Å²) in [5, 5.41) is 2.86. The van der Waals surface area contributed by atoms with Gasteiger partial charge < -0.3 is 0 Å². The minimum Gasteiger partial charge on any atom is -0.274 e. The summed E-state index contributed by atoms with van der Waals surface area (Å²) in [6.07, 6.45) is 5.74. The van der Waals surface area contributed by atoms with Gasteiger partial charge in [-0.3, -0.25) is 5.32 Å². The molecule has 0 fully saturated rings. The fraction of sp³-hybridized carbons (Fsp3) is 0.556. The first kappa shape index (κ1) is 11.1. The lowest BCUT2D eigenvalue weighted by Crippen LogP contribution is -2.64. The minimum atomic E-state index is -4.38. The maximum Gasteiger partial charge on any atom is 0.291 e. The third kappa shape index (κ3) is 2.78. The topological polar surface area (TPSA) is 90.4 Å². The molecular formula is C9H12ClNO4. The molecule has 0 radical (unpaired) electrons.